The summed E-state index contributed by atoms with van der Waals surface area (Å²) in [6.07, 6.45) is 4.67. The second kappa shape index (κ2) is 4.92. The van der Waals surface area contributed by atoms with Crippen LogP contribution < -0.4 is 5.32 Å². The van der Waals surface area contributed by atoms with E-state index < -0.39 is 18.0 Å². The number of ether oxygens (including phenoxy) is 1. The number of amides is 1. The zero-order valence-corrected chi connectivity index (χ0v) is 9.97. The Morgan fingerprint density at radius 1 is 1.56 bits per heavy atom. The summed E-state index contributed by atoms with van der Waals surface area (Å²) in [5, 5.41) is 2.73. The summed E-state index contributed by atoms with van der Waals surface area (Å²) >= 11 is 0. The van der Waals surface area contributed by atoms with Crippen LogP contribution in [0.25, 0.3) is 0 Å². The largest absolute Gasteiger partial charge is 0.449 e. The van der Waals surface area contributed by atoms with Crippen LogP contribution in [0.5, 0.6) is 0 Å². The minimum atomic E-state index is -0.588. The van der Waals surface area contributed by atoms with Gasteiger partial charge in [0.15, 0.2) is 6.10 Å². The van der Waals surface area contributed by atoms with Crippen LogP contribution in [0.15, 0.2) is 24.3 Å². The van der Waals surface area contributed by atoms with Crippen LogP contribution in [-0.2, 0) is 14.3 Å². The highest BCUT2D eigenvalue weighted by Gasteiger charge is 2.32. The maximum atomic E-state index is 12.0. The summed E-state index contributed by atoms with van der Waals surface area (Å²) in [6.45, 7) is 1.62. The smallest absolute Gasteiger partial charge is 0.315 e. The van der Waals surface area contributed by atoms with E-state index in [1.165, 1.54) is 0 Å². The van der Waals surface area contributed by atoms with Crippen LogP contribution in [0.1, 0.15) is 24.8 Å². The average molecular weight is 243 g/mol. The quantitative estimate of drug-likeness (QED) is 0.635. The number of esters is 1. The zero-order valence-electron chi connectivity index (χ0n) is 9.97. The molecule has 2 rings (SSSR count). The van der Waals surface area contributed by atoms with Crippen LogP contribution in [0, 0.1) is 12.3 Å². The van der Waals surface area contributed by atoms with Gasteiger partial charge in [0, 0.05) is 12.1 Å². The Bertz CT molecular complexity index is 530. The minimum Gasteiger partial charge on any atom is -0.449 e. The molecule has 1 N–H and O–H groups in total. The fraction of sp³-hybridized carbons (Fsp3) is 0.286. The van der Waals surface area contributed by atoms with Gasteiger partial charge in [-0.1, -0.05) is 24.1 Å². The lowest BCUT2D eigenvalue weighted by molar-refractivity contribution is -0.149. The van der Waals surface area contributed by atoms with E-state index >= 15 is 0 Å². The molecule has 0 bridgehead atoms. The molecule has 4 nitrogen and oxygen atoms in total. The monoisotopic (exact) mass is 243 g/mol. The van der Waals surface area contributed by atoms with Crippen molar-refractivity contribution in [1.29, 1.82) is 0 Å². The van der Waals surface area contributed by atoms with Crippen molar-refractivity contribution < 1.29 is 14.3 Å². The van der Waals surface area contributed by atoms with Gasteiger partial charge in [-0.3, -0.25) is 9.59 Å². The Balaban J connectivity index is 2.26. The van der Waals surface area contributed by atoms with Gasteiger partial charge in [-0.2, -0.15) is 0 Å². The highest BCUT2D eigenvalue weighted by molar-refractivity contribution is 5.99. The Labute approximate surface area is 105 Å². The molecule has 0 aliphatic carbocycles. The normalized spacial score (nSPS) is 19.1. The third-order valence-corrected chi connectivity index (χ3v) is 2.81. The Morgan fingerprint density at radius 3 is 3.00 bits per heavy atom. The molecule has 1 aliphatic heterocycles. The first-order valence-electron chi connectivity index (χ1n) is 5.67. The van der Waals surface area contributed by atoms with Gasteiger partial charge in [0.2, 0.25) is 5.91 Å². The molecular weight excluding hydrogens is 230 g/mol. The van der Waals surface area contributed by atoms with Crippen molar-refractivity contribution in [2.24, 2.45) is 0 Å². The third-order valence-electron chi connectivity index (χ3n) is 2.81. The minimum absolute atomic E-state index is 0.0904. The van der Waals surface area contributed by atoms with Crippen LogP contribution >= 0.6 is 0 Å². The van der Waals surface area contributed by atoms with Gasteiger partial charge < -0.3 is 10.1 Å². The molecule has 1 aromatic carbocycles. The summed E-state index contributed by atoms with van der Waals surface area (Å²) in [6, 6.07) is 7.19. The number of hydrogen-bond donors (Lipinski definition) is 1. The summed E-state index contributed by atoms with van der Waals surface area (Å²) in [5.74, 6) is 1.10. The molecule has 0 fully saturated rings. The Kier molecular flexibility index (Phi) is 3.33. The van der Waals surface area contributed by atoms with Crippen molar-refractivity contribution in [3.63, 3.8) is 0 Å². The van der Waals surface area contributed by atoms with E-state index in [-0.39, 0.29) is 12.3 Å². The molecular formula is C14H13NO3. The van der Waals surface area contributed by atoms with Crippen molar-refractivity contribution in [3.05, 3.63) is 29.8 Å². The molecule has 0 radical (unpaired) electrons. The molecule has 0 aromatic heterocycles. The van der Waals surface area contributed by atoms with Crippen molar-refractivity contribution >= 4 is 17.6 Å². The lowest BCUT2D eigenvalue weighted by Gasteiger charge is -2.24. The summed E-state index contributed by atoms with van der Waals surface area (Å²) in [4.78, 5) is 23.5. The number of carbonyl (C=O) groups excluding carboxylic acids is 2. The first-order valence-corrected chi connectivity index (χ1v) is 5.67. The highest BCUT2D eigenvalue weighted by Crippen LogP contribution is 2.32. The highest BCUT2D eigenvalue weighted by atomic mass is 16.5. The maximum Gasteiger partial charge on any atom is 0.315 e. The topological polar surface area (TPSA) is 55.4 Å². The molecule has 1 heterocycles. The van der Waals surface area contributed by atoms with Crippen molar-refractivity contribution in [3.8, 4) is 12.3 Å². The van der Waals surface area contributed by atoms with Gasteiger partial charge in [-0.15, -0.1) is 6.42 Å². The Hall–Kier alpha value is -2.28. The molecule has 0 saturated heterocycles. The van der Waals surface area contributed by atoms with Gasteiger partial charge >= 0.3 is 5.97 Å². The van der Waals surface area contributed by atoms with E-state index in [0.29, 0.717) is 5.69 Å². The fourth-order valence-corrected chi connectivity index (χ4v) is 1.91. The molecule has 0 spiro atoms. The molecule has 2 atom stereocenters. The molecule has 18 heavy (non-hydrogen) atoms. The van der Waals surface area contributed by atoms with Crippen LogP contribution in [0.4, 0.5) is 5.69 Å². The first kappa shape index (κ1) is 12.2. The first-order chi connectivity index (χ1) is 8.61. The van der Waals surface area contributed by atoms with E-state index in [2.05, 4.69) is 11.2 Å². The summed E-state index contributed by atoms with van der Waals surface area (Å²) < 4.78 is 5.09. The van der Waals surface area contributed by atoms with E-state index in [9.17, 15) is 9.59 Å². The molecule has 0 unspecified atom stereocenters. The van der Waals surface area contributed by atoms with Crippen LogP contribution in [0.3, 0.4) is 0 Å². The maximum absolute atomic E-state index is 12.0. The third kappa shape index (κ3) is 2.35. The SMILES string of the molecule is C#C[C@H](C)OC(=O)[C@@H]1CC(=O)Nc2ccccc21. The number of hydrogen-bond acceptors (Lipinski definition) is 3. The van der Waals surface area contributed by atoms with Crippen LogP contribution in [-0.4, -0.2) is 18.0 Å². The molecule has 92 valence electrons. The summed E-state index contributed by atoms with van der Waals surface area (Å²) in [7, 11) is 0. The molecule has 1 aliphatic rings. The van der Waals surface area contributed by atoms with E-state index in [1.807, 2.05) is 6.07 Å². The van der Waals surface area contributed by atoms with Gasteiger partial charge in [0.25, 0.3) is 0 Å². The molecule has 4 heteroatoms. The average Bonchev–Trinajstić information content (AvgIpc) is 2.37. The van der Waals surface area contributed by atoms with Gasteiger partial charge in [0.05, 0.1) is 5.92 Å². The number of para-hydroxylation sites is 1. The van der Waals surface area contributed by atoms with E-state index in [0.717, 1.165) is 5.56 Å². The summed E-state index contributed by atoms with van der Waals surface area (Å²) in [5.41, 5.74) is 1.43. The molecule has 1 aromatic rings. The Morgan fingerprint density at radius 2 is 2.28 bits per heavy atom. The fourth-order valence-electron chi connectivity index (χ4n) is 1.91. The lowest BCUT2D eigenvalue weighted by Crippen LogP contribution is -2.29. The van der Waals surface area contributed by atoms with E-state index in [4.69, 9.17) is 11.2 Å². The lowest BCUT2D eigenvalue weighted by atomic mass is 9.90. The number of carbonyl (C=O) groups is 2. The second-order valence-corrected chi connectivity index (χ2v) is 4.14. The predicted molar refractivity (Wildman–Crippen MR) is 66.8 cm³/mol. The molecule has 0 saturated carbocycles. The van der Waals surface area contributed by atoms with Crippen molar-refractivity contribution in [2.75, 3.05) is 5.32 Å². The number of anilines is 1. The van der Waals surface area contributed by atoms with Gasteiger partial charge in [-0.25, -0.2) is 0 Å². The van der Waals surface area contributed by atoms with Gasteiger partial charge in [0.1, 0.15) is 0 Å². The van der Waals surface area contributed by atoms with Gasteiger partial charge in [-0.05, 0) is 18.6 Å². The number of fused-ring (bicyclic) bond motifs is 1. The zero-order chi connectivity index (χ0) is 13.1. The number of nitrogens with one attached hydrogen (secondary N) is 1. The second-order valence-electron chi connectivity index (χ2n) is 4.14. The van der Waals surface area contributed by atoms with Crippen molar-refractivity contribution in [1.82, 2.24) is 0 Å². The predicted octanol–water partition coefficient (Wildman–Crippen LogP) is 1.68. The number of rotatable bonds is 2. The van der Waals surface area contributed by atoms with Crippen molar-refractivity contribution in [2.45, 2.75) is 25.4 Å². The standard InChI is InChI=1S/C14H13NO3/c1-3-9(2)18-14(17)11-8-13(16)15-12-7-5-4-6-10(11)12/h1,4-7,9,11H,8H2,2H3,(H,15,16)/t9-,11+/m0/s1. The van der Waals surface area contributed by atoms with Crippen LogP contribution in [0.2, 0.25) is 0 Å². The molecule has 1 amide bonds. The number of benzene rings is 1. The number of terminal acetylenes is 1. The van der Waals surface area contributed by atoms with E-state index in [1.54, 1.807) is 25.1 Å².